The van der Waals surface area contributed by atoms with Gasteiger partial charge >= 0.3 is 0 Å². The minimum Gasteiger partial charge on any atom is -0.357 e. The maximum absolute atomic E-state index is 12.8. The summed E-state index contributed by atoms with van der Waals surface area (Å²) in [6, 6.07) is 20.8. The summed E-state index contributed by atoms with van der Waals surface area (Å²) in [6.07, 6.45) is 1.08. The number of amides is 2. The van der Waals surface area contributed by atoms with Gasteiger partial charge in [-0.2, -0.15) is 0 Å². The Hall–Kier alpha value is -3.95. The van der Waals surface area contributed by atoms with Gasteiger partial charge in [0.15, 0.2) is 0 Å². The first-order valence-electron chi connectivity index (χ1n) is 11.2. The lowest BCUT2D eigenvalue weighted by Gasteiger charge is -2.27. The topological polar surface area (TPSA) is 125 Å². The Kier molecular flexibility index (Phi) is 5.88. The molecule has 0 bridgehead atoms. The second kappa shape index (κ2) is 9.01. The lowest BCUT2D eigenvalue weighted by molar-refractivity contribution is -0.131. The average molecular weight is 489 g/mol. The molecule has 2 heterocycles. The number of nitrogens with zero attached hydrogens (tertiary/aromatic N) is 1. The van der Waals surface area contributed by atoms with Gasteiger partial charge in [-0.15, -0.1) is 0 Å². The average Bonchev–Trinajstić information content (AvgIpc) is 3.21. The molecule has 1 aliphatic heterocycles. The van der Waals surface area contributed by atoms with E-state index in [9.17, 15) is 18.0 Å². The van der Waals surface area contributed by atoms with Gasteiger partial charge in [0.05, 0.1) is 17.9 Å². The van der Waals surface area contributed by atoms with Crippen LogP contribution in [0.4, 0.5) is 5.69 Å². The molecule has 0 unspecified atom stereocenters. The molecular formula is C26H24N4O4S. The van der Waals surface area contributed by atoms with E-state index in [0.29, 0.717) is 37.2 Å². The van der Waals surface area contributed by atoms with Gasteiger partial charge in [-0.3, -0.25) is 9.59 Å². The van der Waals surface area contributed by atoms with E-state index in [-0.39, 0.29) is 16.7 Å². The van der Waals surface area contributed by atoms with Crippen molar-refractivity contribution in [1.29, 1.82) is 0 Å². The molecule has 3 aromatic carbocycles. The number of primary sulfonamides is 1. The zero-order chi connectivity index (χ0) is 24.6. The minimum absolute atomic E-state index is 0.0211. The maximum atomic E-state index is 12.8. The van der Waals surface area contributed by atoms with Crippen molar-refractivity contribution >= 4 is 38.4 Å². The molecule has 5 rings (SSSR count). The van der Waals surface area contributed by atoms with Crippen LogP contribution in [0.15, 0.2) is 77.7 Å². The summed E-state index contributed by atoms with van der Waals surface area (Å²) >= 11 is 0. The van der Waals surface area contributed by atoms with E-state index >= 15 is 0 Å². The first-order valence-corrected chi connectivity index (χ1v) is 12.7. The van der Waals surface area contributed by atoms with Crippen molar-refractivity contribution in [1.82, 2.24) is 9.88 Å². The van der Waals surface area contributed by atoms with Crippen molar-refractivity contribution in [2.24, 2.45) is 5.14 Å². The van der Waals surface area contributed by atoms with Gasteiger partial charge in [0.25, 0.3) is 5.91 Å². The van der Waals surface area contributed by atoms with Gasteiger partial charge in [-0.25, -0.2) is 13.6 Å². The van der Waals surface area contributed by atoms with Crippen LogP contribution in [0, 0.1) is 0 Å². The fourth-order valence-corrected chi connectivity index (χ4v) is 4.92. The lowest BCUT2D eigenvalue weighted by Crippen LogP contribution is -2.36. The summed E-state index contributed by atoms with van der Waals surface area (Å²) < 4.78 is 22.8. The number of sulfonamides is 1. The van der Waals surface area contributed by atoms with E-state index in [2.05, 4.69) is 10.3 Å². The van der Waals surface area contributed by atoms with Crippen molar-refractivity contribution in [3.63, 3.8) is 0 Å². The van der Waals surface area contributed by atoms with Crippen molar-refractivity contribution in [2.75, 3.05) is 11.9 Å². The fourth-order valence-electron chi connectivity index (χ4n) is 4.41. The number of H-pyrrole nitrogens is 1. The van der Waals surface area contributed by atoms with Crippen LogP contribution in [0.5, 0.6) is 0 Å². The van der Waals surface area contributed by atoms with Crippen LogP contribution in [0.25, 0.3) is 10.9 Å². The van der Waals surface area contributed by atoms with E-state index in [1.165, 1.54) is 24.3 Å². The first-order chi connectivity index (χ1) is 16.8. The van der Waals surface area contributed by atoms with Crippen LogP contribution >= 0.6 is 0 Å². The van der Waals surface area contributed by atoms with E-state index in [1.807, 2.05) is 47.4 Å². The monoisotopic (exact) mass is 488 g/mol. The standard InChI is InChI=1S/C26H24N4O4S/c27-35(33,34)20-9-7-19(8-10-20)28-26(32)18-6-11-23-22(15-18)21-12-13-30(16-24(21)29-23)25(31)14-17-4-2-1-3-5-17/h1-11,15,29H,12-14,16H2,(H,28,32)(H2,27,33,34). The molecule has 1 aliphatic rings. The number of carbonyl (C=O) groups excluding carboxylic acids is 2. The molecular weight excluding hydrogens is 464 g/mol. The van der Waals surface area contributed by atoms with Gasteiger partial charge in [-0.05, 0) is 60.0 Å². The zero-order valence-electron chi connectivity index (χ0n) is 18.8. The highest BCUT2D eigenvalue weighted by atomic mass is 32.2. The molecule has 0 saturated carbocycles. The molecule has 0 aliphatic carbocycles. The van der Waals surface area contributed by atoms with Gasteiger partial charge in [0.1, 0.15) is 0 Å². The smallest absolute Gasteiger partial charge is 0.255 e. The van der Waals surface area contributed by atoms with Gasteiger partial charge in [0.2, 0.25) is 15.9 Å². The third-order valence-corrected chi connectivity index (χ3v) is 7.16. The third kappa shape index (κ3) is 4.82. The zero-order valence-corrected chi connectivity index (χ0v) is 19.6. The highest BCUT2D eigenvalue weighted by Crippen LogP contribution is 2.29. The van der Waals surface area contributed by atoms with Gasteiger partial charge in [0, 0.05) is 34.4 Å². The van der Waals surface area contributed by atoms with Crippen LogP contribution in [0.3, 0.4) is 0 Å². The Morgan fingerprint density at radius 1 is 1.00 bits per heavy atom. The predicted molar refractivity (Wildman–Crippen MR) is 133 cm³/mol. The summed E-state index contributed by atoms with van der Waals surface area (Å²) in [7, 11) is -3.79. The SMILES string of the molecule is NS(=O)(=O)c1ccc(NC(=O)c2ccc3[nH]c4c(c3c2)CCN(C(=O)Cc2ccccc2)C4)cc1. The highest BCUT2D eigenvalue weighted by molar-refractivity contribution is 7.89. The Labute approximate surface area is 202 Å². The van der Waals surface area contributed by atoms with E-state index < -0.39 is 10.0 Å². The number of carbonyl (C=O) groups is 2. The molecule has 9 heteroatoms. The van der Waals surface area contributed by atoms with Gasteiger partial charge in [-0.1, -0.05) is 30.3 Å². The fraction of sp³-hybridized carbons (Fsp3) is 0.154. The number of benzene rings is 3. The third-order valence-electron chi connectivity index (χ3n) is 6.23. The number of aromatic nitrogens is 1. The van der Waals surface area contributed by atoms with Crippen molar-refractivity contribution in [3.8, 4) is 0 Å². The molecule has 8 nitrogen and oxygen atoms in total. The van der Waals surface area contributed by atoms with Crippen LogP contribution in [-0.4, -0.2) is 36.7 Å². The molecule has 35 heavy (non-hydrogen) atoms. The Morgan fingerprint density at radius 3 is 2.46 bits per heavy atom. The summed E-state index contributed by atoms with van der Waals surface area (Å²) in [5, 5.41) is 8.86. The molecule has 0 spiro atoms. The van der Waals surface area contributed by atoms with Crippen LogP contribution in [0.1, 0.15) is 27.2 Å². The molecule has 4 aromatic rings. The number of hydrogen-bond donors (Lipinski definition) is 3. The maximum Gasteiger partial charge on any atom is 0.255 e. The number of aromatic amines is 1. The summed E-state index contributed by atoms with van der Waals surface area (Å²) in [5.41, 5.74) is 4.97. The normalized spacial score (nSPS) is 13.5. The number of fused-ring (bicyclic) bond motifs is 3. The Bertz CT molecular complexity index is 1530. The Balaban J connectivity index is 1.32. The largest absolute Gasteiger partial charge is 0.357 e. The quantitative estimate of drug-likeness (QED) is 0.399. The van der Waals surface area contributed by atoms with Crippen LogP contribution in [0.2, 0.25) is 0 Å². The Morgan fingerprint density at radius 2 is 1.74 bits per heavy atom. The van der Waals surface area contributed by atoms with Crippen LogP contribution in [-0.2, 0) is 34.2 Å². The molecule has 0 fully saturated rings. The van der Waals surface area contributed by atoms with Crippen molar-refractivity contribution < 1.29 is 18.0 Å². The molecule has 4 N–H and O–H groups in total. The lowest BCUT2D eigenvalue weighted by atomic mass is 10.0. The molecule has 2 amide bonds. The second-order valence-corrected chi connectivity index (χ2v) is 10.2. The van der Waals surface area contributed by atoms with Gasteiger partial charge < -0.3 is 15.2 Å². The van der Waals surface area contributed by atoms with E-state index in [4.69, 9.17) is 5.14 Å². The number of rotatable bonds is 5. The van der Waals surface area contributed by atoms with E-state index in [0.717, 1.165) is 27.7 Å². The molecule has 0 saturated heterocycles. The minimum atomic E-state index is -3.79. The highest BCUT2D eigenvalue weighted by Gasteiger charge is 2.24. The molecule has 0 atom stereocenters. The molecule has 178 valence electrons. The predicted octanol–water partition coefficient (Wildman–Crippen LogP) is 3.20. The molecule has 0 radical (unpaired) electrons. The first kappa shape index (κ1) is 22.8. The van der Waals surface area contributed by atoms with Crippen LogP contribution < -0.4 is 10.5 Å². The number of nitrogens with two attached hydrogens (primary N) is 1. The summed E-state index contributed by atoms with van der Waals surface area (Å²) in [6.45, 7) is 1.13. The summed E-state index contributed by atoms with van der Waals surface area (Å²) in [5.74, 6) is -0.213. The molecule has 1 aromatic heterocycles. The summed E-state index contributed by atoms with van der Waals surface area (Å²) in [4.78, 5) is 30.9. The number of hydrogen-bond acceptors (Lipinski definition) is 4. The second-order valence-electron chi connectivity index (χ2n) is 8.59. The van der Waals surface area contributed by atoms with E-state index in [1.54, 1.807) is 6.07 Å². The number of anilines is 1. The van der Waals surface area contributed by atoms with Crippen molar-refractivity contribution in [2.45, 2.75) is 24.3 Å². The van der Waals surface area contributed by atoms with Crippen molar-refractivity contribution in [3.05, 3.63) is 95.2 Å². The number of nitrogens with one attached hydrogen (secondary N) is 2.